The largest absolute Gasteiger partial charge is 0.321 e. The molecule has 0 aliphatic heterocycles. The number of halogens is 1. The third-order valence-electron chi connectivity index (χ3n) is 3.25. The number of amides is 1. The van der Waals surface area contributed by atoms with Crippen molar-refractivity contribution in [2.45, 2.75) is 26.7 Å². The van der Waals surface area contributed by atoms with Gasteiger partial charge in [-0.05, 0) is 42.2 Å². The molecule has 104 valence electrons. The average Bonchev–Trinajstić information content (AvgIpc) is 2.40. The number of nitrogens with one attached hydrogen (secondary N) is 1. The van der Waals surface area contributed by atoms with E-state index in [9.17, 15) is 4.79 Å². The summed E-state index contributed by atoms with van der Waals surface area (Å²) in [4.78, 5) is 12.4. The third kappa shape index (κ3) is 3.28. The molecule has 2 aromatic rings. The third-order valence-corrected chi connectivity index (χ3v) is 3.75. The molecule has 0 heterocycles. The van der Waals surface area contributed by atoms with E-state index in [-0.39, 0.29) is 5.91 Å². The van der Waals surface area contributed by atoms with Crippen LogP contribution in [-0.2, 0) is 0 Å². The SMILES string of the molecule is Cc1cccc(C(C)C)c1NC(=O)c1cccc(Br)c1. The molecule has 0 bridgehead atoms. The van der Waals surface area contributed by atoms with Crippen molar-refractivity contribution in [3.63, 3.8) is 0 Å². The number of carbonyl (C=O) groups excluding carboxylic acids is 1. The van der Waals surface area contributed by atoms with Gasteiger partial charge >= 0.3 is 0 Å². The van der Waals surface area contributed by atoms with E-state index in [0.29, 0.717) is 11.5 Å². The first-order valence-electron chi connectivity index (χ1n) is 6.65. The van der Waals surface area contributed by atoms with Crippen LogP contribution in [0.2, 0.25) is 0 Å². The number of aryl methyl sites for hydroxylation is 1. The Morgan fingerprint density at radius 1 is 1.15 bits per heavy atom. The second-order valence-corrected chi connectivity index (χ2v) is 6.07. The number of rotatable bonds is 3. The Hall–Kier alpha value is -1.61. The van der Waals surface area contributed by atoms with Crippen LogP contribution in [0.3, 0.4) is 0 Å². The second kappa shape index (κ2) is 6.23. The predicted molar refractivity (Wildman–Crippen MR) is 87.4 cm³/mol. The fraction of sp³-hybridized carbons (Fsp3) is 0.235. The van der Waals surface area contributed by atoms with Crippen LogP contribution in [0.1, 0.15) is 41.3 Å². The Labute approximate surface area is 128 Å². The van der Waals surface area contributed by atoms with Crippen molar-refractivity contribution in [1.29, 1.82) is 0 Å². The van der Waals surface area contributed by atoms with E-state index < -0.39 is 0 Å². The predicted octanol–water partition coefficient (Wildman–Crippen LogP) is 5.13. The monoisotopic (exact) mass is 331 g/mol. The Bertz CT molecular complexity index is 635. The van der Waals surface area contributed by atoms with Crippen LogP contribution < -0.4 is 5.32 Å². The summed E-state index contributed by atoms with van der Waals surface area (Å²) in [6.07, 6.45) is 0. The van der Waals surface area contributed by atoms with Gasteiger partial charge in [-0.15, -0.1) is 0 Å². The van der Waals surface area contributed by atoms with Gasteiger partial charge in [0.25, 0.3) is 5.91 Å². The van der Waals surface area contributed by atoms with Crippen LogP contribution in [0.4, 0.5) is 5.69 Å². The molecule has 0 spiro atoms. The van der Waals surface area contributed by atoms with E-state index in [4.69, 9.17) is 0 Å². The highest BCUT2D eigenvalue weighted by Crippen LogP contribution is 2.28. The van der Waals surface area contributed by atoms with Crippen LogP contribution in [0, 0.1) is 6.92 Å². The summed E-state index contributed by atoms with van der Waals surface area (Å²) in [5, 5.41) is 3.04. The van der Waals surface area contributed by atoms with Crippen molar-refractivity contribution in [2.24, 2.45) is 0 Å². The number of hydrogen-bond acceptors (Lipinski definition) is 1. The summed E-state index contributed by atoms with van der Waals surface area (Å²) in [6, 6.07) is 13.5. The molecule has 0 aromatic heterocycles. The van der Waals surface area contributed by atoms with Gasteiger partial charge in [-0.1, -0.05) is 54.0 Å². The van der Waals surface area contributed by atoms with Gasteiger partial charge < -0.3 is 5.32 Å². The van der Waals surface area contributed by atoms with Crippen LogP contribution in [0.25, 0.3) is 0 Å². The Morgan fingerprint density at radius 2 is 1.85 bits per heavy atom. The van der Waals surface area contributed by atoms with Gasteiger partial charge in [0.15, 0.2) is 0 Å². The smallest absolute Gasteiger partial charge is 0.255 e. The molecule has 0 atom stereocenters. The van der Waals surface area contributed by atoms with Crippen LogP contribution in [0.15, 0.2) is 46.9 Å². The summed E-state index contributed by atoms with van der Waals surface area (Å²) in [7, 11) is 0. The summed E-state index contributed by atoms with van der Waals surface area (Å²) in [5.74, 6) is 0.287. The fourth-order valence-corrected chi connectivity index (χ4v) is 2.56. The molecule has 1 amide bonds. The lowest BCUT2D eigenvalue weighted by atomic mass is 9.98. The Morgan fingerprint density at radius 3 is 2.50 bits per heavy atom. The first-order valence-corrected chi connectivity index (χ1v) is 7.44. The topological polar surface area (TPSA) is 29.1 Å². The van der Waals surface area contributed by atoms with E-state index >= 15 is 0 Å². The minimum absolute atomic E-state index is 0.0810. The zero-order valence-corrected chi connectivity index (χ0v) is 13.5. The first-order chi connectivity index (χ1) is 9.49. The average molecular weight is 332 g/mol. The number of benzene rings is 2. The molecule has 0 fully saturated rings. The zero-order valence-electron chi connectivity index (χ0n) is 11.9. The lowest BCUT2D eigenvalue weighted by molar-refractivity contribution is 0.102. The molecule has 0 unspecified atom stereocenters. The first kappa shape index (κ1) is 14.8. The lowest BCUT2D eigenvalue weighted by Crippen LogP contribution is -2.14. The zero-order chi connectivity index (χ0) is 14.7. The molecule has 20 heavy (non-hydrogen) atoms. The molecule has 1 N–H and O–H groups in total. The maximum atomic E-state index is 12.4. The minimum Gasteiger partial charge on any atom is -0.321 e. The highest BCUT2D eigenvalue weighted by atomic mass is 79.9. The van der Waals surface area contributed by atoms with Gasteiger partial charge in [0.1, 0.15) is 0 Å². The minimum atomic E-state index is -0.0810. The van der Waals surface area contributed by atoms with Crippen molar-refractivity contribution in [2.75, 3.05) is 5.32 Å². The van der Waals surface area contributed by atoms with Gasteiger partial charge in [-0.3, -0.25) is 4.79 Å². The van der Waals surface area contributed by atoms with Crippen molar-refractivity contribution in [3.8, 4) is 0 Å². The quantitative estimate of drug-likeness (QED) is 0.829. The van der Waals surface area contributed by atoms with Crippen molar-refractivity contribution < 1.29 is 4.79 Å². The van der Waals surface area contributed by atoms with E-state index in [2.05, 4.69) is 41.2 Å². The van der Waals surface area contributed by atoms with Crippen LogP contribution in [-0.4, -0.2) is 5.91 Å². The van der Waals surface area contributed by atoms with E-state index in [1.165, 1.54) is 0 Å². The molecule has 2 aromatic carbocycles. The number of para-hydroxylation sites is 1. The van der Waals surface area contributed by atoms with Crippen LogP contribution >= 0.6 is 15.9 Å². The number of anilines is 1. The summed E-state index contributed by atoms with van der Waals surface area (Å²) >= 11 is 3.39. The Kier molecular flexibility index (Phi) is 4.61. The molecule has 0 saturated heterocycles. The van der Waals surface area contributed by atoms with Gasteiger partial charge in [0.2, 0.25) is 0 Å². The van der Waals surface area contributed by atoms with Crippen molar-refractivity contribution in [3.05, 3.63) is 63.6 Å². The van der Waals surface area contributed by atoms with Gasteiger partial charge in [-0.25, -0.2) is 0 Å². The molecule has 2 rings (SSSR count). The highest BCUT2D eigenvalue weighted by molar-refractivity contribution is 9.10. The summed E-state index contributed by atoms with van der Waals surface area (Å²) in [6.45, 7) is 6.27. The number of carbonyl (C=O) groups is 1. The Balaban J connectivity index is 2.33. The molecule has 3 heteroatoms. The molecule has 0 saturated carbocycles. The summed E-state index contributed by atoms with van der Waals surface area (Å²) in [5.41, 5.74) is 3.82. The summed E-state index contributed by atoms with van der Waals surface area (Å²) < 4.78 is 0.902. The van der Waals surface area contributed by atoms with Gasteiger partial charge in [0, 0.05) is 15.7 Å². The fourth-order valence-electron chi connectivity index (χ4n) is 2.16. The maximum absolute atomic E-state index is 12.4. The van der Waals surface area contributed by atoms with Crippen LogP contribution in [0.5, 0.6) is 0 Å². The van der Waals surface area contributed by atoms with Gasteiger partial charge in [-0.2, -0.15) is 0 Å². The standard InChI is InChI=1S/C17H18BrNO/c1-11(2)15-9-4-6-12(3)16(15)19-17(20)13-7-5-8-14(18)10-13/h4-11H,1-3H3,(H,19,20). The van der Waals surface area contributed by atoms with E-state index in [1.807, 2.05) is 43.3 Å². The van der Waals surface area contributed by atoms with E-state index in [0.717, 1.165) is 21.3 Å². The van der Waals surface area contributed by atoms with Gasteiger partial charge in [0.05, 0.1) is 0 Å². The second-order valence-electron chi connectivity index (χ2n) is 5.16. The molecule has 0 aliphatic carbocycles. The van der Waals surface area contributed by atoms with E-state index in [1.54, 1.807) is 0 Å². The maximum Gasteiger partial charge on any atom is 0.255 e. The molecule has 0 radical (unpaired) electrons. The molecular weight excluding hydrogens is 314 g/mol. The van der Waals surface area contributed by atoms with Crippen molar-refractivity contribution >= 4 is 27.5 Å². The molecule has 0 aliphatic rings. The number of hydrogen-bond donors (Lipinski definition) is 1. The lowest BCUT2D eigenvalue weighted by Gasteiger charge is -2.16. The molecular formula is C17H18BrNO. The normalized spacial score (nSPS) is 10.7. The van der Waals surface area contributed by atoms with Crippen molar-refractivity contribution in [1.82, 2.24) is 0 Å². The molecule has 2 nitrogen and oxygen atoms in total. The highest BCUT2D eigenvalue weighted by Gasteiger charge is 2.13.